The molecule has 4 rings (SSSR count). The highest BCUT2D eigenvalue weighted by Gasteiger charge is 2.31. The zero-order valence-corrected chi connectivity index (χ0v) is 19.1. The van der Waals surface area contributed by atoms with E-state index in [0.717, 1.165) is 30.3 Å². The summed E-state index contributed by atoms with van der Waals surface area (Å²) in [5.41, 5.74) is 1.50. The minimum atomic E-state index is -3.57. The third kappa shape index (κ3) is 4.46. The van der Waals surface area contributed by atoms with E-state index in [1.165, 1.54) is 0 Å². The van der Waals surface area contributed by atoms with Crippen LogP contribution in [0.15, 0.2) is 29.4 Å². The molecule has 0 radical (unpaired) electrons. The third-order valence-corrected chi connectivity index (χ3v) is 7.89. The van der Waals surface area contributed by atoms with Gasteiger partial charge < -0.3 is 19.3 Å². The summed E-state index contributed by atoms with van der Waals surface area (Å²) >= 11 is 0. The van der Waals surface area contributed by atoms with Gasteiger partial charge in [-0.15, -0.1) is 0 Å². The van der Waals surface area contributed by atoms with Crippen LogP contribution in [-0.4, -0.2) is 82.3 Å². The van der Waals surface area contributed by atoms with E-state index in [0.29, 0.717) is 55.6 Å². The van der Waals surface area contributed by atoms with Crippen LogP contribution >= 0.6 is 0 Å². The Kier molecular flexibility index (Phi) is 6.31. The summed E-state index contributed by atoms with van der Waals surface area (Å²) in [5, 5.41) is 0. The van der Waals surface area contributed by atoms with Crippen LogP contribution in [0.2, 0.25) is 0 Å². The van der Waals surface area contributed by atoms with Gasteiger partial charge in [0.1, 0.15) is 23.7 Å². The van der Waals surface area contributed by atoms with E-state index in [-0.39, 0.29) is 0 Å². The highest BCUT2D eigenvalue weighted by molar-refractivity contribution is 7.89. The second-order valence-electron chi connectivity index (χ2n) is 7.81. The van der Waals surface area contributed by atoms with E-state index in [1.807, 2.05) is 13.0 Å². The third-order valence-electron chi connectivity index (χ3n) is 5.85. The lowest BCUT2D eigenvalue weighted by molar-refractivity contribution is 0.122. The smallest absolute Gasteiger partial charge is 0.243 e. The van der Waals surface area contributed by atoms with E-state index >= 15 is 0 Å². The molecule has 0 atom stereocenters. The molecule has 2 fully saturated rings. The number of benzene rings is 1. The molecule has 2 saturated heterocycles. The molecule has 1 aromatic carbocycles. The van der Waals surface area contributed by atoms with Crippen molar-refractivity contribution in [2.45, 2.75) is 18.7 Å². The first-order valence-electron chi connectivity index (χ1n) is 10.4. The van der Waals surface area contributed by atoms with Crippen molar-refractivity contribution >= 4 is 21.7 Å². The Morgan fingerprint density at radius 1 is 0.871 bits per heavy atom. The van der Waals surface area contributed by atoms with Crippen LogP contribution in [0.5, 0.6) is 5.75 Å². The van der Waals surface area contributed by atoms with Gasteiger partial charge in [-0.25, -0.2) is 18.4 Å². The fourth-order valence-corrected chi connectivity index (χ4v) is 5.75. The predicted octanol–water partition coefficient (Wildman–Crippen LogP) is 1.45. The quantitative estimate of drug-likeness (QED) is 0.681. The maximum atomic E-state index is 13.3. The molecule has 2 aromatic rings. The number of aryl methyl sites for hydroxylation is 2. The summed E-state index contributed by atoms with van der Waals surface area (Å²) in [6.07, 6.45) is 1.58. The first-order chi connectivity index (χ1) is 14.9. The largest absolute Gasteiger partial charge is 0.496 e. The Morgan fingerprint density at radius 2 is 1.48 bits per heavy atom. The number of ether oxygens (including phenoxy) is 2. The van der Waals surface area contributed by atoms with Gasteiger partial charge in [-0.05, 0) is 37.1 Å². The molecule has 0 bridgehead atoms. The molecular formula is C21H29N5O4S. The van der Waals surface area contributed by atoms with Gasteiger partial charge in [0, 0.05) is 45.3 Å². The van der Waals surface area contributed by atoms with Crippen molar-refractivity contribution in [3.63, 3.8) is 0 Å². The van der Waals surface area contributed by atoms with Crippen LogP contribution in [0.3, 0.4) is 0 Å². The van der Waals surface area contributed by atoms with Gasteiger partial charge in [0.05, 0.1) is 25.2 Å². The molecule has 1 aromatic heterocycles. The average molecular weight is 448 g/mol. The SMILES string of the molecule is COc1cc(C)c(S(=O)(=O)N2CCN(c3cc(N4CCOCC4)ncn3)CC2)cc1C. The van der Waals surface area contributed by atoms with E-state index in [9.17, 15) is 8.42 Å². The molecule has 168 valence electrons. The monoisotopic (exact) mass is 447 g/mol. The van der Waals surface area contributed by atoms with Crippen LogP contribution in [0.1, 0.15) is 11.1 Å². The lowest BCUT2D eigenvalue weighted by Crippen LogP contribution is -2.49. The summed E-state index contributed by atoms with van der Waals surface area (Å²) < 4.78 is 38.9. The first-order valence-corrected chi connectivity index (χ1v) is 11.9. The van der Waals surface area contributed by atoms with E-state index < -0.39 is 10.0 Å². The van der Waals surface area contributed by atoms with Gasteiger partial charge in [-0.2, -0.15) is 4.31 Å². The van der Waals surface area contributed by atoms with Crippen LogP contribution in [0.25, 0.3) is 0 Å². The van der Waals surface area contributed by atoms with Crippen molar-refractivity contribution < 1.29 is 17.9 Å². The molecule has 3 heterocycles. The minimum absolute atomic E-state index is 0.343. The second kappa shape index (κ2) is 8.97. The summed E-state index contributed by atoms with van der Waals surface area (Å²) in [4.78, 5) is 13.5. The van der Waals surface area contributed by atoms with Crippen molar-refractivity contribution in [1.82, 2.24) is 14.3 Å². The Labute approximate surface area is 183 Å². The number of aromatic nitrogens is 2. The van der Waals surface area contributed by atoms with E-state index in [1.54, 1.807) is 36.8 Å². The molecule has 9 nitrogen and oxygen atoms in total. The van der Waals surface area contributed by atoms with Gasteiger partial charge in [-0.3, -0.25) is 0 Å². The molecule has 31 heavy (non-hydrogen) atoms. The number of nitrogens with zero attached hydrogens (tertiary/aromatic N) is 5. The molecule has 0 aliphatic carbocycles. The fraction of sp³-hybridized carbons (Fsp3) is 0.524. The summed E-state index contributed by atoms with van der Waals surface area (Å²) in [6.45, 7) is 8.63. The van der Waals surface area contributed by atoms with E-state index in [4.69, 9.17) is 9.47 Å². The Hall–Kier alpha value is -2.43. The normalized spacial score (nSPS) is 18.3. The average Bonchev–Trinajstić information content (AvgIpc) is 2.81. The van der Waals surface area contributed by atoms with Crippen molar-refractivity contribution in [2.75, 3.05) is 69.4 Å². The van der Waals surface area contributed by atoms with Crippen LogP contribution in [0.4, 0.5) is 11.6 Å². The number of sulfonamides is 1. The van der Waals surface area contributed by atoms with Gasteiger partial charge in [0.2, 0.25) is 10.0 Å². The summed E-state index contributed by atoms with van der Waals surface area (Å²) in [7, 11) is -1.98. The van der Waals surface area contributed by atoms with Gasteiger partial charge in [0.25, 0.3) is 0 Å². The fourth-order valence-electron chi connectivity index (χ4n) is 4.03. The number of methoxy groups -OCH3 is 1. The molecule has 0 spiro atoms. The van der Waals surface area contributed by atoms with Gasteiger partial charge in [-0.1, -0.05) is 0 Å². The maximum Gasteiger partial charge on any atom is 0.243 e. The maximum absolute atomic E-state index is 13.3. The van der Waals surface area contributed by atoms with Gasteiger partial charge >= 0.3 is 0 Å². The minimum Gasteiger partial charge on any atom is -0.496 e. The Bertz CT molecular complexity index is 1030. The van der Waals surface area contributed by atoms with Crippen LogP contribution in [0, 0.1) is 13.8 Å². The zero-order chi connectivity index (χ0) is 22.0. The molecule has 0 amide bonds. The Morgan fingerprint density at radius 3 is 2.10 bits per heavy atom. The van der Waals surface area contributed by atoms with Gasteiger partial charge in [0.15, 0.2) is 0 Å². The first kappa shape index (κ1) is 21.8. The van der Waals surface area contributed by atoms with Crippen molar-refractivity contribution in [3.8, 4) is 5.75 Å². The molecular weight excluding hydrogens is 418 g/mol. The number of hydrogen-bond donors (Lipinski definition) is 0. The topological polar surface area (TPSA) is 88.1 Å². The van der Waals surface area contributed by atoms with Crippen LogP contribution in [-0.2, 0) is 14.8 Å². The number of anilines is 2. The zero-order valence-electron chi connectivity index (χ0n) is 18.2. The number of morpholine rings is 1. The lowest BCUT2D eigenvalue weighted by Gasteiger charge is -2.35. The molecule has 10 heteroatoms. The van der Waals surface area contributed by atoms with E-state index in [2.05, 4.69) is 19.8 Å². The predicted molar refractivity (Wildman–Crippen MR) is 119 cm³/mol. The van der Waals surface area contributed by atoms with Crippen molar-refractivity contribution in [2.24, 2.45) is 0 Å². The molecule has 0 saturated carbocycles. The number of piperazine rings is 1. The number of rotatable bonds is 5. The van der Waals surface area contributed by atoms with Crippen molar-refractivity contribution in [1.29, 1.82) is 0 Å². The molecule has 2 aliphatic heterocycles. The number of hydrogen-bond acceptors (Lipinski definition) is 8. The molecule has 0 unspecified atom stereocenters. The molecule has 2 aliphatic rings. The standard InChI is InChI=1S/C21H29N5O4S/c1-16-13-19(17(2)12-18(16)29-3)31(27,28)26-6-4-24(5-7-26)20-14-21(23-15-22-20)25-8-10-30-11-9-25/h12-15H,4-11H2,1-3H3. The summed E-state index contributed by atoms with van der Waals surface area (Å²) in [5.74, 6) is 2.40. The molecule has 0 N–H and O–H groups in total. The van der Waals surface area contributed by atoms with Crippen LogP contribution < -0.4 is 14.5 Å². The summed E-state index contributed by atoms with van der Waals surface area (Å²) in [6, 6.07) is 5.47. The Balaban J connectivity index is 1.47. The lowest BCUT2D eigenvalue weighted by atomic mass is 10.1. The second-order valence-corrected chi connectivity index (χ2v) is 9.72. The van der Waals surface area contributed by atoms with Crippen molar-refractivity contribution in [3.05, 3.63) is 35.7 Å². The highest BCUT2D eigenvalue weighted by Crippen LogP contribution is 2.29. The highest BCUT2D eigenvalue weighted by atomic mass is 32.2.